The van der Waals surface area contributed by atoms with Crippen LogP contribution in [0.15, 0.2) is 52.5 Å². The van der Waals surface area contributed by atoms with Gasteiger partial charge < -0.3 is 15.1 Å². The molecule has 1 heterocycles. The van der Waals surface area contributed by atoms with E-state index in [0.717, 1.165) is 16.3 Å². The molecule has 1 aliphatic rings. The number of hydrogen-bond donors (Lipinski definition) is 2. The molecule has 3 rings (SSSR count). The first kappa shape index (κ1) is 18.9. The van der Waals surface area contributed by atoms with Gasteiger partial charge >= 0.3 is 0 Å². The van der Waals surface area contributed by atoms with E-state index in [0.29, 0.717) is 14.8 Å². The number of amides is 1. The lowest BCUT2D eigenvalue weighted by molar-refractivity contribution is -0.122. The molecular weight excluding hydrogens is 382 g/mol. The summed E-state index contributed by atoms with van der Waals surface area (Å²) in [7, 11) is 3.92. The molecule has 6 nitrogen and oxygen atoms in total. The fourth-order valence-electron chi connectivity index (χ4n) is 2.34. The molecule has 0 atom stereocenters. The average molecular weight is 399 g/mol. The first-order valence-electron chi connectivity index (χ1n) is 7.96. The van der Waals surface area contributed by atoms with Gasteiger partial charge in [0, 0.05) is 31.4 Å². The Hall–Kier alpha value is -2.84. The lowest BCUT2D eigenvalue weighted by Gasteiger charge is -2.11. The van der Waals surface area contributed by atoms with Crippen LogP contribution in [0.4, 0.5) is 5.69 Å². The number of phenolic OH excluding ortho intramolecular Hbond substituents is 2. The van der Waals surface area contributed by atoms with Gasteiger partial charge in [-0.15, -0.1) is 0 Å². The Morgan fingerprint density at radius 3 is 2.48 bits per heavy atom. The summed E-state index contributed by atoms with van der Waals surface area (Å²) < 4.78 is 0.311. The zero-order chi connectivity index (χ0) is 19.6. The molecule has 1 fully saturated rings. The topological polar surface area (TPSA) is 76.4 Å². The second-order valence-corrected chi connectivity index (χ2v) is 7.64. The van der Waals surface area contributed by atoms with E-state index in [1.54, 1.807) is 6.08 Å². The van der Waals surface area contributed by atoms with Crippen LogP contribution in [-0.4, -0.2) is 45.8 Å². The van der Waals surface area contributed by atoms with Crippen molar-refractivity contribution in [3.63, 3.8) is 0 Å². The average Bonchev–Trinajstić information content (AvgIpc) is 2.88. The molecule has 0 spiro atoms. The molecule has 1 saturated heterocycles. The van der Waals surface area contributed by atoms with Crippen molar-refractivity contribution in [2.45, 2.75) is 0 Å². The highest BCUT2D eigenvalue weighted by molar-refractivity contribution is 8.26. The van der Waals surface area contributed by atoms with Crippen LogP contribution in [0.25, 0.3) is 6.08 Å². The highest BCUT2D eigenvalue weighted by Gasteiger charge is 2.32. The standard InChI is InChI=1S/C19H17N3O3S2/c1-21(2)14-6-3-12(4-7-14)9-17-18(25)22(19(26)27-17)20-11-13-5-8-15(23)10-16(13)24/h3-11,23-24H,1-2H3/b17-9+,20-11+. The third-order valence-electron chi connectivity index (χ3n) is 3.81. The quantitative estimate of drug-likeness (QED) is 0.466. The van der Waals surface area contributed by atoms with E-state index in [4.69, 9.17) is 12.2 Å². The second kappa shape index (κ2) is 7.81. The van der Waals surface area contributed by atoms with Crippen molar-refractivity contribution in [2.75, 3.05) is 19.0 Å². The molecule has 27 heavy (non-hydrogen) atoms. The van der Waals surface area contributed by atoms with E-state index in [-0.39, 0.29) is 17.4 Å². The highest BCUT2D eigenvalue weighted by Crippen LogP contribution is 2.33. The van der Waals surface area contributed by atoms with E-state index in [1.165, 1.54) is 36.2 Å². The molecule has 2 aromatic carbocycles. The molecule has 8 heteroatoms. The molecular formula is C19H17N3O3S2. The van der Waals surface area contributed by atoms with Gasteiger partial charge in [-0.25, -0.2) is 0 Å². The number of nitrogens with zero attached hydrogens (tertiary/aromatic N) is 3. The van der Waals surface area contributed by atoms with E-state index < -0.39 is 0 Å². The molecule has 0 bridgehead atoms. The van der Waals surface area contributed by atoms with Crippen LogP contribution in [0.2, 0.25) is 0 Å². The fourth-order valence-corrected chi connectivity index (χ4v) is 3.51. The van der Waals surface area contributed by atoms with Gasteiger partial charge in [0.15, 0.2) is 4.32 Å². The van der Waals surface area contributed by atoms with Crippen molar-refractivity contribution < 1.29 is 15.0 Å². The van der Waals surface area contributed by atoms with Gasteiger partial charge in [0.25, 0.3) is 5.91 Å². The van der Waals surface area contributed by atoms with Crippen molar-refractivity contribution in [3.8, 4) is 11.5 Å². The Kier molecular flexibility index (Phi) is 5.48. The minimum Gasteiger partial charge on any atom is -0.508 e. The minimum atomic E-state index is -0.323. The normalized spacial score (nSPS) is 15.9. The number of benzene rings is 2. The smallest absolute Gasteiger partial charge is 0.286 e. The summed E-state index contributed by atoms with van der Waals surface area (Å²) in [4.78, 5) is 15.1. The number of phenols is 2. The van der Waals surface area contributed by atoms with Crippen molar-refractivity contribution >= 4 is 52.2 Å². The number of hydrogen-bond acceptors (Lipinski definition) is 7. The summed E-state index contributed by atoms with van der Waals surface area (Å²) in [5.41, 5.74) is 2.32. The number of thiocarbonyl (C=S) groups is 1. The largest absolute Gasteiger partial charge is 0.508 e. The molecule has 0 saturated carbocycles. The Balaban J connectivity index is 1.79. The maximum atomic E-state index is 12.6. The summed E-state index contributed by atoms with van der Waals surface area (Å²) in [6, 6.07) is 11.9. The zero-order valence-electron chi connectivity index (χ0n) is 14.7. The Labute approximate surface area is 166 Å². The predicted octanol–water partition coefficient (Wildman–Crippen LogP) is 3.40. The van der Waals surface area contributed by atoms with Crippen LogP contribution in [0.3, 0.4) is 0 Å². The fraction of sp³-hybridized carbons (Fsp3) is 0.105. The number of carbonyl (C=O) groups is 1. The molecule has 2 aromatic rings. The maximum Gasteiger partial charge on any atom is 0.286 e. The summed E-state index contributed by atoms with van der Waals surface area (Å²) >= 11 is 6.41. The van der Waals surface area contributed by atoms with E-state index >= 15 is 0 Å². The highest BCUT2D eigenvalue weighted by atomic mass is 32.2. The number of hydrazone groups is 1. The number of thioether (sulfide) groups is 1. The number of anilines is 1. The third kappa shape index (κ3) is 4.29. The van der Waals surface area contributed by atoms with Gasteiger partial charge in [0.05, 0.1) is 11.1 Å². The number of rotatable bonds is 4. The minimum absolute atomic E-state index is 0.0570. The maximum absolute atomic E-state index is 12.6. The van der Waals surface area contributed by atoms with Crippen molar-refractivity contribution in [1.82, 2.24) is 5.01 Å². The monoisotopic (exact) mass is 399 g/mol. The lowest BCUT2D eigenvalue weighted by atomic mass is 10.2. The van der Waals surface area contributed by atoms with Crippen molar-refractivity contribution in [2.24, 2.45) is 5.10 Å². The van der Waals surface area contributed by atoms with E-state index in [2.05, 4.69) is 5.10 Å². The summed E-state index contributed by atoms with van der Waals surface area (Å²) in [5.74, 6) is -0.518. The first-order chi connectivity index (χ1) is 12.8. The van der Waals surface area contributed by atoms with Gasteiger partial charge in [-0.1, -0.05) is 23.9 Å². The van der Waals surface area contributed by atoms with Crippen LogP contribution < -0.4 is 4.90 Å². The third-order valence-corrected chi connectivity index (χ3v) is 5.09. The zero-order valence-corrected chi connectivity index (χ0v) is 16.3. The van der Waals surface area contributed by atoms with Crippen LogP contribution in [0.5, 0.6) is 11.5 Å². The molecule has 138 valence electrons. The number of aromatic hydroxyl groups is 2. The van der Waals surface area contributed by atoms with Crippen LogP contribution in [-0.2, 0) is 4.79 Å². The van der Waals surface area contributed by atoms with Crippen LogP contribution in [0, 0.1) is 0 Å². The summed E-state index contributed by atoms with van der Waals surface area (Å²) in [6.07, 6.45) is 3.10. The SMILES string of the molecule is CN(C)c1ccc(/C=C2/SC(=S)N(/N=C/c3ccc(O)cc3O)C2=O)cc1. The Bertz CT molecular complexity index is 953. The molecule has 2 N–H and O–H groups in total. The molecule has 1 amide bonds. The second-order valence-electron chi connectivity index (χ2n) is 5.97. The molecule has 0 aromatic heterocycles. The van der Waals surface area contributed by atoms with Gasteiger partial charge in [-0.3, -0.25) is 4.79 Å². The Morgan fingerprint density at radius 1 is 1.15 bits per heavy atom. The van der Waals surface area contributed by atoms with Gasteiger partial charge in [0.1, 0.15) is 11.5 Å². The van der Waals surface area contributed by atoms with Gasteiger partial charge in [0.2, 0.25) is 0 Å². The van der Waals surface area contributed by atoms with E-state index in [1.807, 2.05) is 43.3 Å². The lowest BCUT2D eigenvalue weighted by Crippen LogP contribution is -2.22. The van der Waals surface area contributed by atoms with Crippen LogP contribution >= 0.6 is 24.0 Å². The summed E-state index contributed by atoms with van der Waals surface area (Å²) in [6.45, 7) is 0. The van der Waals surface area contributed by atoms with Crippen LogP contribution in [0.1, 0.15) is 11.1 Å². The van der Waals surface area contributed by atoms with E-state index in [9.17, 15) is 15.0 Å². The van der Waals surface area contributed by atoms with Crippen molar-refractivity contribution in [1.29, 1.82) is 0 Å². The predicted molar refractivity (Wildman–Crippen MR) is 113 cm³/mol. The number of carbonyl (C=O) groups excluding carboxylic acids is 1. The first-order valence-corrected chi connectivity index (χ1v) is 9.19. The molecule has 0 radical (unpaired) electrons. The van der Waals surface area contributed by atoms with Gasteiger partial charge in [-0.2, -0.15) is 10.1 Å². The molecule has 0 aliphatic carbocycles. The Morgan fingerprint density at radius 2 is 1.85 bits per heavy atom. The van der Waals surface area contributed by atoms with Gasteiger partial charge in [-0.05, 0) is 48.1 Å². The molecule has 0 unspecified atom stereocenters. The van der Waals surface area contributed by atoms with Crippen molar-refractivity contribution in [3.05, 3.63) is 58.5 Å². The summed E-state index contributed by atoms with van der Waals surface area (Å²) in [5, 5.41) is 24.3. The molecule has 1 aliphatic heterocycles.